The van der Waals surface area contributed by atoms with Crippen molar-refractivity contribution < 1.29 is 18.7 Å². The molecule has 0 bridgehead atoms. The predicted molar refractivity (Wildman–Crippen MR) is 89.3 cm³/mol. The Hall–Kier alpha value is -3.65. The molecule has 0 unspecified atom stereocenters. The molecule has 132 valence electrons. The molecular formula is C18H16N4O4. The largest absolute Gasteiger partial charge is 0.452 e. The van der Waals surface area contributed by atoms with E-state index in [0.29, 0.717) is 11.3 Å². The second kappa shape index (κ2) is 9.60. The number of oxazole rings is 1. The Morgan fingerprint density at radius 1 is 1.12 bits per heavy atom. The van der Waals surface area contributed by atoms with Gasteiger partial charge in [0.05, 0.1) is 36.7 Å². The van der Waals surface area contributed by atoms with Gasteiger partial charge < -0.3 is 14.1 Å². The number of rotatable bonds is 8. The Bertz CT molecular complexity index is 798. The fourth-order valence-corrected chi connectivity index (χ4v) is 2.16. The first-order valence-electron chi connectivity index (χ1n) is 7.83. The lowest BCUT2D eigenvalue weighted by atomic mass is 10.1. The summed E-state index contributed by atoms with van der Waals surface area (Å²) >= 11 is 0. The molecule has 0 saturated carbocycles. The van der Waals surface area contributed by atoms with Crippen molar-refractivity contribution in [2.45, 2.75) is 12.8 Å². The molecule has 0 spiro atoms. The molecule has 26 heavy (non-hydrogen) atoms. The number of carbonyl (C=O) groups is 2. The highest BCUT2D eigenvalue weighted by Gasteiger charge is 2.16. The molecule has 2 aromatic rings. The van der Waals surface area contributed by atoms with Gasteiger partial charge in [0.2, 0.25) is 0 Å². The summed E-state index contributed by atoms with van der Waals surface area (Å²) < 4.78 is 10.2. The number of amides is 1. The third-order valence-electron chi connectivity index (χ3n) is 3.50. The maximum atomic E-state index is 12.1. The SMILES string of the molecule is N#CCCN(CCC#N)C(=O)COC(=O)c1ccc(-c2cnco2)cc1. The van der Waals surface area contributed by atoms with Crippen molar-refractivity contribution in [1.82, 2.24) is 9.88 Å². The number of hydrogen-bond donors (Lipinski definition) is 0. The normalized spacial score (nSPS) is 9.77. The van der Waals surface area contributed by atoms with E-state index in [1.165, 1.54) is 11.3 Å². The van der Waals surface area contributed by atoms with Crippen molar-refractivity contribution in [2.24, 2.45) is 0 Å². The standard InChI is InChI=1S/C18H16N4O4/c19-7-1-9-22(10-2-8-20)17(23)12-25-18(24)15-5-3-14(4-6-15)16-11-21-13-26-16/h3-6,11,13H,1-2,9-10,12H2. The van der Waals surface area contributed by atoms with Crippen LogP contribution >= 0.6 is 0 Å². The van der Waals surface area contributed by atoms with Gasteiger partial charge in [-0.2, -0.15) is 10.5 Å². The number of ether oxygens (including phenoxy) is 1. The Morgan fingerprint density at radius 2 is 1.77 bits per heavy atom. The number of benzene rings is 1. The topological polar surface area (TPSA) is 120 Å². The molecule has 0 atom stereocenters. The third-order valence-corrected chi connectivity index (χ3v) is 3.50. The van der Waals surface area contributed by atoms with Crippen LogP contribution in [0.4, 0.5) is 0 Å². The Kier molecular flexibility index (Phi) is 6.90. The van der Waals surface area contributed by atoms with Gasteiger partial charge in [0.15, 0.2) is 18.8 Å². The van der Waals surface area contributed by atoms with Crippen LogP contribution in [0.3, 0.4) is 0 Å². The molecule has 0 aliphatic rings. The Balaban J connectivity index is 1.91. The zero-order valence-electron chi connectivity index (χ0n) is 13.9. The van der Waals surface area contributed by atoms with Crippen LogP contribution in [0, 0.1) is 22.7 Å². The van der Waals surface area contributed by atoms with E-state index in [1.807, 2.05) is 12.1 Å². The van der Waals surface area contributed by atoms with E-state index in [1.54, 1.807) is 30.5 Å². The number of hydrogen-bond acceptors (Lipinski definition) is 7. The zero-order valence-corrected chi connectivity index (χ0v) is 13.9. The maximum Gasteiger partial charge on any atom is 0.338 e. The first kappa shape index (κ1) is 18.7. The molecule has 1 aromatic carbocycles. The molecular weight excluding hydrogens is 336 g/mol. The molecule has 0 fully saturated rings. The van der Waals surface area contributed by atoms with Crippen LogP contribution in [0.15, 0.2) is 41.3 Å². The van der Waals surface area contributed by atoms with Crippen molar-refractivity contribution in [3.05, 3.63) is 42.4 Å². The quantitative estimate of drug-likeness (QED) is 0.667. The Morgan fingerprint density at radius 3 is 2.31 bits per heavy atom. The molecule has 1 amide bonds. The molecule has 0 radical (unpaired) electrons. The van der Waals surface area contributed by atoms with E-state index in [4.69, 9.17) is 19.7 Å². The van der Waals surface area contributed by atoms with Gasteiger partial charge in [-0.1, -0.05) is 12.1 Å². The van der Waals surface area contributed by atoms with Crippen LogP contribution in [0.5, 0.6) is 0 Å². The molecule has 1 aromatic heterocycles. The van der Waals surface area contributed by atoms with Crippen LogP contribution in [-0.4, -0.2) is 41.5 Å². The summed E-state index contributed by atoms with van der Waals surface area (Å²) in [6.07, 6.45) is 3.17. The minimum Gasteiger partial charge on any atom is -0.452 e. The summed E-state index contributed by atoms with van der Waals surface area (Å²) in [7, 11) is 0. The second-order valence-corrected chi connectivity index (χ2v) is 5.22. The van der Waals surface area contributed by atoms with E-state index in [9.17, 15) is 9.59 Å². The lowest BCUT2D eigenvalue weighted by molar-refractivity contribution is -0.134. The Labute approximate surface area is 150 Å². The zero-order chi connectivity index (χ0) is 18.8. The van der Waals surface area contributed by atoms with Crippen LogP contribution in [-0.2, 0) is 9.53 Å². The van der Waals surface area contributed by atoms with Crippen molar-refractivity contribution >= 4 is 11.9 Å². The van der Waals surface area contributed by atoms with Crippen molar-refractivity contribution in [3.63, 3.8) is 0 Å². The van der Waals surface area contributed by atoms with Gasteiger partial charge in [-0.05, 0) is 12.1 Å². The van der Waals surface area contributed by atoms with Crippen LogP contribution in [0.2, 0.25) is 0 Å². The molecule has 0 aliphatic heterocycles. The average Bonchev–Trinajstić information content (AvgIpc) is 3.21. The fourth-order valence-electron chi connectivity index (χ4n) is 2.16. The minimum absolute atomic E-state index is 0.147. The fraction of sp³-hybridized carbons (Fsp3) is 0.278. The summed E-state index contributed by atoms with van der Waals surface area (Å²) in [4.78, 5) is 29.3. The molecule has 1 heterocycles. The van der Waals surface area contributed by atoms with Crippen LogP contribution < -0.4 is 0 Å². The van der Waals surface area contributed by atoms with Gasteiger partial charge in [0.1, 0.15) is 0 Å². The van der Waals surface area contributed by atoms with E-state index in [-0.39, 0.29) is 25.9 Å². The molecule has 0 aliphatic carbocycles. The molecule has 8 nitrogen and oxygen atoms in total. The van der Waals surface area contributed by atoms with Gasteiger partial charge in [-0.3, -0.25) is 4.79 Å². The van der Waals surface area contributed by atoms with E-state index in [2.05, 4.69) is 4.98 Å². The number of carbonyl (C=O) groups excluding carboxylic acids is 2. The third kappa shape index (κ3) is 5.18. The highest BCUT2D eigenvalue weighted by molar-refractivity contribution is 5.91. The van der Waals surface area contributed by atoms with E-state index in [0.717, 1.165) is 5.56 Å². The number of aromatic nitrogens is 1. The van der Waals surface area contributed by atoms with Crippen molar-refractivity contribution in [1.29, 1.82) is 10.5 Å². The minimum atomic E-state index is -0.636. The smallest absolute Gasteiger partial charge is 0.338 e. The van der Waals surface area contributed by atoms with Gasteiger partial charge >= 0.3 is 5.97 Å². The maximum absolute atomic E-state index is 12.1. The monoisotopic (exact) mass is 352 g/mol. The highest BCUT2D eigenvalue weighted by atomic mass is 16.5. The lowest BCUT2D eigenvalue weighted by Gasteiger charge is -2.20. The summed E-state index contributed by atoms with van der Waals surface area (Å²) in [5, 5.41) is 17.3. The van der Waals surface area contributed by atoms with Crippen molar-refractivity contribution in [3.8, 4) is 23.5 Å². The summed E-state index contributed by atoms with van der Waals surface area (Å²) in [5.41, 5.74) is 1.05. The number of nitrogens with zero attached hydrogens (tertiary/aromatic N) is 4. The molecule has 2 rings (SSSR count). The van der Waals surface area contributed by atoms with E-state index < -0.39 is 18.5 Å². The van der Waals surface area contributed by atoms with Crippen molar-refractivity contribution in [2.75, 3.05) is 19.7 Å². The second-order valence-electron chi connectivity index (χ2n) is 5.22. The molecule has 0 saturated heterocycles. The molecule has 0 N–H and O–H groups in total. The number of nitriles is 2. The summed E-state index contributed by atoms with van der Waals surface area (Å²) in [5.74, 6) is -0.504. The summed E-state index contributed by atoms with van der Waals surface area (Å²) in [6, 6.07) is 10.4. The van der Waals surface area contributed by atoms with Gasteiger partial charge in [-0.15, -0.1) is 0 Å². The predicted octanol–water partition coefficient (Wildman–Crippen LogP) is 2.15. The van der Waals surface area contributed by atoms with Gasteiger partial charge in [0.25, 0.3) is 5.91 Å². The van der Waals surface area contributed by atoms with Gasteiger partial charge in [0, 0.05) is 18.7 Å². The molecule has 8 heteroatoms. The van der Waals surface area contributed by atoms with E-state index >= 15 is 0 Å². The number of esters is 1. The van der Waals surface area contributed by atoms with Crippen LogP contribution in [0.25, 0.3) is 11.3 Å². The summed E-state index contributed by atoms with van der Waals surface area (Å²) in [6.45, 7) is -0.0551. The van der Waals surface area contributed by atoms with Crippen LogP contribution in [0.1, 0.15) is 23.2 Å². The first-order valence-corrected chi connectivity index (χ1v) is 7.83. The first-order chi connectivity index (χ1) is 12.7. The van der Waals surface area contributed by atoms with Gasteiger partial charge in [-0.25, -0.2) is 9.78 Å². The average molecular weight is 352 g/mol. The highest BCUT2D eigenvalue weighted by Crippen LogP contribution is 2.19. The lowest BCUT2D eigenvalue weighted by Crippen LogP contribution is -2.36.